The third-order valence-electron chi connectivity index (χ3n) is 2.42. The SMILES string of the molecule is COc1ccc(Cl)c2c(=O)cc(C(F)(F)F)[nH]c12. The van der Waals surface area contributed by atoms with Gasteiger partial charge in [0.15, 0.2) is 5.43 Å². The topological polar surface area (TPSA) is 42.1 Å². The van der Waals surface area contributed by atoms with E-state index in [9.17, 15) is 18.0 Å². The highest BCUT2D eigenvalue weighted by Crippen LogP contribution is 2.32. The molecule has 1 aromatic heterocycles. The molecule has 7 heteroatoms. The summed E-state index contributed by atoms with van der Waals surface area (Å²) in [5.74, 6) is 0.123. The normalized spacial score (nSPS) is 11.8. The standard InChI is InChI=1S/C11H7ClF3NO2/c1-18-7-3-2-5(12)9-6(17)4-8(11(13,14)15)16-10(7)9/h2-4H,1H3,(H,16,17). The first-order valence-corrected chi connectivity index (χ1v) is 5.19. The van der Waals surface area contributed by atoms with Gasteiger partial charge in [-0.2, -0.15) is 13.2 Å². The van der Waals surface area contributed by atoms with Gasteiger partial charge < -0.3 is 9.72 Å². The summed E-state index contributed by atoms with van der Waals surface area (Å²) < 4.78 is 42.7. The zero-order chi connectivity index (χ0) is 13.5. The van der Waals surface area contributed by atoms with Crippen LogP contribution in [0.1, 0.15) is 5.69 Å². The Kier molecular flexibility index (Phi) is 2.98. The number of ether oxygens (including phenoxy) is 1. The molecule has 0 atom stereocenters. The number of H-pyrrole nitrogens is 1. The van der Waals surface area contributed by atoms with Crippen LogP contribution in [0.25, 0.3) is 10.9 Å². The van der Waals surface area contributed by atoms with Crippen LogP contribution in [0.2, 0.25) is 5.02 Å². The summed E-state index contributed by atoms with van der Waals surface area (Å²) in [4.78, 5) is 13.8. The maximum absolute atomic E-state index is 12.6. The number of halogens is 4. The van der Waals surface area contributed by atoms with Crippen LogP contribution in [0.5, 0.6) is 5.75 Å². The molecule has 0 saturated heterocycles. The lowest BCUT2D eigenvalue weighted by Crippen LogP contribution is -2.14. The minimum Gasteiger partial charge on any atom is -0.495 e. The van der Waals surface area contributed by atoms with Crippen molar-refractivity contribution >= 4 is 22.5 Å². The first-order chi connectivity index (χ1) is 8.34. The number of benzene rings is 1. The lowest BCUT2D eigenvalue weighted by atomic mass is 10.1. The molecule has 0 amide bonds. The van der Waals surface area contributed by atoms with Gasteiger partial charge in [-0.05, 0) is 12.1 Å². The van der Waals surface area contributed by atoms with Crippen molar-refractivity contribution in [1.29, 1.82) is 0 Å². The second-order valence-electron chi connectivity index (χ2n) is 3.54. The van der Waals surface area contributed by atoms with Crippen LogP contribution in [-0.4, -0.2) is 12.1 Å². The van der Waals surface area contributed by atoms with Gasteiger partial charge in [0.05, 0.1) is 23.0 Å². The van der Waals surface area contributed by atoms with E-state index < -0.39 is 17.3 Å². The second-order valence-corrected chi connectivity index (χ2v) is 3.95. The van der Waals surface area contributed by atoms with E-state index in [0.29, 0.717) is 6.07 Å². The van der Waals surface area contributed by atoms with Gasteiger partial charge in [0.25, 0.3) is 0 Å². The number of pyridine rings is 1. The summed E-state index contributed by atoms with van der Waals surface area (Å²) in [6.45, 7) is 0. The predicted octanol–water partition coefficient (Wildman–Crippen LogP) is 3.21. The average molecular weight is 278 g/mol. The Balaban J connectivity index is 2.91. The highest BCUT2D eigenvalue weighted by Gasteiger charge is 2.32. The van der Waals surface area contributed by atoms with Crippen molar-refractivity contribution < 1.29 is 17.9 Å². The van der Waals surface area contributed by atoms with Crippen LogP contribution < -0.4 is 10.2 Å². The molecule has 1 heterocycles. The molecule has 0 unspecified atom stereocenters. The van der Waals surface area contributed by atoms with Gasteiger partial charge in [0, 0.05) is 6.07 Å². The Bertz CT molecular complexity index is 664. The summed E-state index contributed by atoms with van der Waals surface area (Å²) in [5, 5.41) is 0.0461. The lowest BCUT2D eigenvalue weighted by Gasteiger charge is -2.11. The zero-order valence-corrected chi connectivity index (χ0v) is 9.82. The first kappa shape index (κ1) is 12.8. The van der Waals surface area contributed by atoms with Crippen molar-refractivity contribution in [1.82, 2.24) is 4.98 Å². The largest absolute Gasteiger partial charge is 0.495 e. The van der Waals surface area contributed by atoms with Gasteiger partial charge in [-0.3, -0.25) is 4.79 Å². The summed E-state index contributed by atoms with van der Waals surface area (Å²) >= 11 is 5.80. The average Bonchev–Trinajstić information content (AvgIpc) is 2.27. The summed E-state index contributed by atoms with van der Waals surface area (Å²) in [5.41, 5.74) is -2.01. The summed E-state index contributed by atoms with van der Waals surface area (Å²) in [6, 6.07) is 3.26. The number of hydrogen-bond donors (Lipinski definition) is 1. The van der Waals surface area contributed by atoms with Crippen molar-refractivity contribution in [2.24, 2.45) is 0 Å². The van der Waals surface area contributed by atoms with Crippen LogP contribution in [-0.2, 0) is 6.18 Å². The monoisotopic (exact) mass is 277 g/mol. The summed E-state index contributed by atoms with van der Waals surface area (Å²) in [7, 11) is 1.29. The maximum Gasteiger partial charge on any atom is 0.431 e. The van der Waals surface area contributed by atoms with Gasteiger partial charge in [0.2, 0.25) is 0 Å². The second kappa shape index (κ2) is 4.20. The quantitative estimate of drug-likeness (QED) is 0.870. The fraction of sp³-hybridized carbons (Fsp3) is 0.182. The molecule has 0 spiro atoms. The van der Waals surface area contributed by atoms with Crippen LogP contribution >= 0.6 is 11.6 Å². The van der Waals surface area contributed by atoms with Gasteiger partial charge in [-0.25, -0.2) is 0 Å². The fourth-order valence-electron chi connectivity index (χ4n) is 1.62. The molecule has 2 rings (SSSR count). The van der Waals surface area contributed by atoms with E-state index in [2.05, 4.69) is 4.98 Å². The van der Waals surface area contributed by atoms with Crippen LogP contribution in [0.4, 0.5) is 13.2 Å². The molecule has 3 nitrogen and oxygen atoms in total. The molecule has 18 heavy (non-hydrogen) atoms. The molecule has 2 aromatic rings. The van der Waals surface area contributed by atoms with Crippen molar-refractivity contribution in [2.75, 3.05) is 7.11 Å². The molecule has 0 saturated carbocycles. The number of rotatable bonds is 1. The zero-order valence-electron chi connectivity index (χ0n) is 9.06. The van der Waals surface area contributed by atoms with E-state index in [1.54, 1.807) is 0 Å². The Morgan fingerprint density at radius 2 is 2.00 bits per heavy atom. The number of methoxy groups -OCH3 is 1. The Labute approximate surface area is 104 Å². The minimum absolute atomic E-state index is 0.0241. The molecule has 0 bridgehead atoms. The van der Waals surface area contributed by atoms with E-state index in [0.717, 1.165) is 0 Å². The number of aromatic amines is 1. The molecule has 1 N–H and O–H groups in total. The van der Waals surface area contributed by atoms with Crippen molar-refractivity contribution in [3.05, 3.63) is 39.1 Å². The fourth-order valence-corrected chi connectivity index (χ4v) is 1.87. The highest BCUT2D eigenvalue weighted by molar-refractivity contribution is 6.35. The molecular formula is C11H7ClF3NO2. The third kappa shape index (κ3) is 2.03. The first-order valence-electron chi connectivity index (χ1n) is 4.81. The molecule has 1 aromatic carbocycles. The maximum atomic E-state index is 12.6. The van der Waals surface area contributed by atoms with E-state index >= 15 is 0 Å². The number of nitrogens with one attached hydrogen (secondary N) is 1. The molecule has 0 aliphatic rings. The molecule has 0 radical (unpaired) electrons. The number of aromatic nitrogens is 1. The number of hydrogen-bond acceptors (Lipinski definition) is 2. The Hall–Kier alpha value is -1.69. The van der Waals surface area contributed by atoms with Crippen LogP contribution in [0, 0.1) is 0 Å². The minimum atomic E-state index is -4.64. The van der Waals surface area contributed by atoms with Gasteiger partial charge >= 0.3 is 6.18 Å². The van der Waals surface area contributed by atoms with E-state index in [1.807, 2.05) is 0 Å². The van der Waals surface area contributed by atoms with Crippen LogP contribution in [0.15, 0.2) is 23.0 Å². The van der Waals surface area contributed by atoms with Crippen molar-refractivity contribution in [3.8, 4) is 5.75 Å². The van der Waals surface area contributed by atoms with E-state index in [-0.39, 0.29) is 21.7 Å². The van der Waals surface area contributed by atoms with Crippen LogP contribution in [0.3, 0.4) is 0 Å². The van der Waals surface area contributed by atoms with Gasteiger partial charge in [0.1, 0.15) is 11.4 Å². The Morgan fingerprint density at radius 3 is 2.56 bits per heavy atom. The Morgan fingerprint density at radius 1 is 1.33 bits per heavy atom. The third-order valence-corrected chi connectivity index (χ3v) is 2.74. The molecule has 0 fully saturated rings. The molecular weight excluding hydrogens is 271 g/mol. The van der Waals surface area contributed by atoms with Crippen molar-refractivity contribution in [3.63, 3.8) is 0 Å². The smallest absolute Gasteiger partial charge is 0.431 e. The van der Waals surface area contributed by atoms with E-state index in [4.69, 9.17) is 16.3 Å². The number of alkyl halides is 3. The van der Waals surface area contributed by atoms with Gasteiger partial charge in [-0.1, -0.05) is 11.6 Å². The predicted molar refractivity (Wildman–Crippen MR) is 61.1 cm³/mol. The lowest BCUT2D eigenvalue weighted by molar-refractivity contribution is -0.141. The highest BCUT2D eigenvalue weighted by atomic mass is 35.5. The van der Waals surface area contributed by atoms with E-state index in [1.165, 1.54) is 19.2 Å². The molecule has 96 valence electrons. The number of fused-ring (bicyclic) bond motifs is 1. The molecule has 0 aliphatic heterocycles. The molecule has 0 aliphatic carbocycles. The van der Waals surface area contributed by atoms with Gasteiger partial charge in [-0.15, -0.1) is 0 Å². The summed E-state index contributed by atoms with van der Waals surface area (Å²) in [6.07, 6.45) is -4.64. The van der Waals surface area contributed by atoms with Crippen molar-refractivity contribution in [2.45, 2.75) is 6.18 Å².